The Labute approximate surface area is 106 Å². The highest BCUT2D eigenvalue weighted by Gasteiger charge is 2.46. The van der Waals surface area contributed by atoms with E-state index in [9.17, 15) is 9.18 Å². The summed E-state index contributed by atoms with van der Waals surface area (Å²) in [4.78, 5) is 11.5. The van der Waals surface area contributed by atoms with Crippen LogP contribution in [0.25, 0.3) is 0 Å². The number of rotatable bonds is 5. The third-order valence-corrected chi connectivity index (χ3v) is 3.24. The first kappa shape index (κ1) is 13.0. The molecule has 1 N–H and O–H groups in total. The van der Waals surface area contributed by atoms with Crippen LogP contribution in [0.4, 0.5) is 4.39 Å². The molecule has 1 aromatic carbocycles. The molecular weight excluding hydrogens is 235 g/mol. The van der Waals surface area contributed by atoms with E-state index in [4.69, 9.17) is 9.84 Å². The lowest BCUT2D eigenvalue weighted by Crippen LogP contribution is -2.07. The molecular formula is C14H17FO3. The summed E-state index contributed by atoms with van der Waals surface area (Å²) in [6.07, 6.45) is 1.16. The lowest BCUT2D eigenvalue weighted by molar-refractivity contribution is -0.144. The number of aliphatic hydroxyl groups is 1. The average molecular weight is 252 g/mol. The van der Waals surface area contributed by atoms with Crippen molar-refractivity contribution in [2.45, 2.75) is 25.7 Å². The maximum atomic E-state index is 13.7. The Bertz CT molecular complexity index is 445. The summed E-state index contributed by atoms with van der Waals surface area (Å²) in [5.74, 6) is -0.797. The van der Waals surface area contributed by atoms with E-state index in [2.05, 4.69) is 0 Å². The van der Waals surface area contributed by atoms with Gasteiger partial charge >= 0.3 is 5.97 Å². The van der Waals surface area contributed by atoms with Crippen LogP contribution in [-0.2, 0) is 16.0 Å². The topological polar surface area (TPSA) is 46.5 Å². The van der Waals surface area contributed by atoms with Gasteiger partial charge in [0.2, 0.25) is 0 Å². The van der Waals surface area contributed by atoms with Crippen LogP contribution < -0.4 is 0 Å². The third-order valence-electron chi connectivity index (χ3n) is 3.24. The summed E-state index contributed by atoms with van der Waals surface area (Å²) in [5.41, 5.74) is 1.46. The summed E-state index contributed by atoms with van der Waals surface area (Å²) in [7, 11) is 0. The molecule has 2 unspecified atom stereocenters. The minimum atomic E-state index is -0.284. The zero-order valence-corrected chi connectivity index (χ0v) is 10.4. The number of halogens is 1. The van der Waals surface area contributed by atoms with E-state index in [-0.39, 0.29) is 30.2 Å². The van der Waals surface area contributed by atoms with Gasteiger partial charge in [-0.1, -0.05) is 12.1 Å². The maximum Gasteiger partial charge on any atom is 0.309 e. The molecule has 3 nitrogen and oxygen atoms in total. The van der Waals surface area contributed by atoms with Gasteiger partial charge in [-0.15, -0.1) is 0 Å². The molecule has 98 valence electrons. The molecule has 0 aliphatic heterocycles. The molecule has 1 aliphatic rings. The fourth-order valence-corrected chi connectivity index (χ4v) is 2.21. The van der Waals surface area contributed by atoms with E-state index < -0.39 is 0 Å². The average Bonchev–Trinajstić information content (AvgIpc) is 3.12. The van der Waals surface area contributed by atoms with Crippen LogP contribution in [0.5, 0.6) is 0 Å². The van der Waals surface area contributed by atoms with Gasteiger partial charge in [-0.25, -0.2) is 4.39 Å². The standard InChI is InChI=1S/C14H17FO3/c1-2-18-14(17)12-8-10(12)11-7-9(5-6-16)3-4-13(11)15/h3-4,7,10,12,16H,2,5-6,8H2,1H3. The van der Waals surface area contributed by atoms with E-state index >= 15 is 0 Å². The van der Waals surface area contributed by atoms with Crippen LogP contribution in [0.3, 0.4) is 0 Å². The van der Waals surface area contributed by atoms with Gasteiger partial charge in [0, 0.05) is 12.5 Å². The summed E-state index contributed by atoms with van der Waals surface area (Å²) in [6.45, 7) is 2.16. The van der Waals surface area contributed by atoms with Gasteiger partial charge < -0.3 is 9.84 Å². The molecule has 1 fully saturated rings. The molecule has 0 heterocycles. The lowest BCUT2D eigenvalue weighted by Gasteiger charge is -2.06. The Morgan fingerprint density at radius 2 is 2.33 bits per heavy atom. The zero-order valence-electron chi connectivity index (χ0n) is 10.4. The molecule has 0 radical (unpaired) electrons. The van der Waals surface area contributed by atoms with Gasteiger partial charge in [0.1, 0.15) is 5.82 Å². The van der Waals surface area contributed by atoms with Gasteiger partial charge in [-0.2, -0.15) is 0 Å². The Balaban J connectivity index is 2.10. The summed E-state index contributed by atoms with van der Waals surface area (Å²) >= 11 is 0. The van der Waals surface area contributed by atoms with Gasteiger partial charge in [-0.05, 0) is 37.0 Å². The molecule has 2 atom stereocenters. The second-order valence-electron chi connectivity index (χ2n) is 4.53. The molecule has 0 amide bonds. The van der Waals surface area contributed by atoms with E-state index in [1.165, 1.54) is 6.07 Å². The first-order chi connectivity index (χ1) is 8.67. The van der Waals surface area contributed by atoms with Crippen molar-refractivity contribution in [3.05, 3.63) is 35.1 Å². The number of carbonyl (C=O) groups is 1. The summed E-state index contributed by atoms with van der Waals surface area (Å²) in [5, 5.41) is 8.88. The fraction of sp³-hybridized carbons (Fsp3) is 0.500. The predicted molar refractivity (Wildman–Crippen MR) is 64.7 cm³/mol. The van der Waals surface area contributed by atoms with Crippen LogP contribution in [0.15, 0.2) is 18.2 Å². The van der Waals surface area contributed by atoms with E-state index in [1.54, 1.807) is 19.1 Å². The molecule has 0 saturated heterocycles. The van der Waals surface area contributed by atoms with Crippen molar-refractivity contribution >= 4 is 5.97 Å². The molecule has 0 bridgehead atoms. The van der Waals surface area contributed by atoms with Crippen molar-refractivity contribution in [3.8, 4) is 0 Å². The minimum Gasteiger partial charge on any atom is -0.466 e. The van der Waals surface area contributed by atoms with Crippen LogP contribution in [0.1, 0.15) is 30.4 Å². The van der Waals surface area contributed by atoms with Crippen molar-refractivity contribution in [1.29, 1.82) is 0 Å². The maximum absolute atomic E-state index is 13.7. The van der Waals surface area contributed by atoms with E-state index in [0.717, 1.165) is 5.56 Å². The van der Waals surface area contributed by atoms with Crippen LogP contribution >= 0.6 is 0 Å². The monoisotopic (exact) mass is 252 g/mol. The van der Waals surface area contributed by atoms with Crippen LogP contribution in [0.2, 0.25) is 0 Å². The van der Waals surface area contributed by atoms with Crippen molar-refractivity contribution in [2.24, 2.45) is 5.92 Å². The third kappa shape index (κ3) is 2.70. The molecule has 4 heteroatoms. The quantitative estimate of drug-likeness (QED) is 0.816. The Hall–Kier alpha value is -1.42. The summed E-state index contributed by atoms with van der Waals surface area (Å²) < 4.78 is 18.6. The molecule has 0 aromatic heterocycles. The Morgan fingerprint density at radius 3 is 3.00 bits per heavy atom. The van der Waals surface area contributed by atoms with Crippen LogP contribution in [-0.4, -0.2) is 24.3 Å². The predicted octanol–water partition coefficient (Wildman–Crippen LogP) is 2.03. The van der Waals surface area contributed by atoms with Crippen molar-refractivity contribution in [1.82, 2.24) is 0 Å². The van der Waals surface area contributed by atoms with Crippen LogP contribution in [0, 0.1) is 11.7 Å². The molecule has 18 heavy (non-hydrogen) atoms. The van der Waals surface area contributed by atoms with Crippen molar-refractivity contribution in [3.63, 3.8) is 0 Å². The first-order valence-electron chi connectivity index (χ1n) is 6.23. The fourth-order valence-electron chi connectivity index (χ4n) is 2.21. The Kier molecular flexibility index (Phi) is 3.97. The SMILES string of the molecule is CCOC(=O)C1CC1c1cc(CCO)ccc1F. The highest BCUT2D eigenvalue weighted by molar-refractivity contribution is 5.77. The highest BCUT2D eigenvalue weighted by Crippen LogP contribution is 2.49. The van der Waals surface area contributed by atoms with Crippen molar-refractivity contribution in [2.75, 3.05) is 13.2 Å². The number of benzene rings is 1. The van der Waals surface area contributed by atoms with E-state index in [0.29, 0.717) is 25.0 Å². The number of ether oxygens (including phenoxy) is 1. The normalized spacial score (nSPS) is 21.7. The second-order valence-corrected chi connectivity index (χ2v) is 4.53. The molecule has 1 aliphatic carbocycles. The van der Waals surface area contributed by atoms with E-state index in [1.807, 2.05) is 0 Å². The van der Waals surface area contributed by atoms with Crippen molar-refractivity contribution < 1.29 is 19.0 Å². The zero-order chi connectivity index (χ0) is 13.1. The number of hydrogen-bond donors (Lipinski definition) is 1. The second kappa shape index (κ2) is 5.48. The number of carbonyl (C=O) groups excluding carboxylic acids is 1. The smallest absolute Gasteiger partial charge is 0.309 e. The van der Waals surface area contributed by atoms with Gasteiger partial charge in [0.05, 0.1) is 12.5 Å². The Morgan fingerprint density at radius 1 is 1.56 bits per heavy atom. The van der Waals surface area contributed by atoms with Gasteiger partial charge in [0.15, 0.2) is 0 Å². The minimum absolute atomic E-state index is 0.0387. The number of hydrogen-bond acceptors (Lipinski definition) is 3. The molecule has 1 saturated carbocycles. The first-order valence-corrected chi connectivity index (χ1v) is 6.23. The largest absolute Gasteiger partial charge is 0.466 e. The number of aliphatic hydroxyl groups excluding tert-OH is 1. The lowest BCUT2D eigenvalue weighted by atomic mass is 10.0. The van der Waals surface area contributed by atoms with Gasteiger partial charge in [0.25, 0.3) is 0 Å². The van der Waals surface area contributed by atoms with Gasteiger partial charge in [-0.3, -0.25) is 4.79 Å². The molecule has 0 spiro atoms. The highest BCUT2D eigenvalue weighted by atomic mass is 19.1. The number of esters is 1. The molecule has 2 rings (SSSR count). The summed E-state index contributed by atoms with van der Waals surface area (Å²) in [6, 6.07) is 4.81. The molecule has 1 aromatic rings.